The predicted molar refractivity (Wildman–Crippen MR) is 86.7 cm³/mol. The Labute approximate surface area is 128 Å². The van der Waals surface area contributed by atoms with Gasteiger partial charge in [0.05, 0.1) is 5.57 Å². The van der Waals surface area contributed by atoms with Gasteiger partial charge < -0.3 is 5.11 Å². The lowest BCUT2D eigenvalue weighted by molar-refractivity contribution is -0.117. The summed E-state index contributed by atoms with van der Waals surface area (Å²) in [7, 11) is 0. The van der Waals surface area contributed by atoms with Gasteiger partial charge in [0.25, 0.3) is 0 Å². The minimum absolute atomic E-state index is 0.0202. The molecule has 2 aliphatic carbocycles. The summed E-state index contributed by atoms with van der Waals surface area (Å²) < 4.78 is 0. The average Bonchev–Trinajstić information content (AvgIpc) is 2.33. The fourth-order valence-corrected chi connectivity index (χ4v) is 3.85. The normalized spacial score (nSPS) is 31.6. The van der Waals surface area contributed by atoms with E-state index in [0.717, 1.165) is 12.5 Å². The fourth-order valence-electron chi connectivity index (χ4n) is 3.85. The standard InChI is InChI=1S/C18H29NO2/c1-6-12-7-13(18(12,4)5)10-19-11-14-15(20)8-17(2,3)9-16(14)21/h11-13,20H,6-10H2,1-5H3/t12-,13+/m1/s1. The number of nitrogens with zero attached hydrogens (tertiary/aromatic N) is 1. The Kier molecular flexibility index (Phi) is 4.32. The second kappa shape index (κ2) is 5.58. The summed E-state index contributed by atoms with van der Waals surface area (Å²) in [6, 6.07) is 0. The molecule has 0 aliphatic heterocycles. The first-order chi connectivity index (χ1) is 9.67. The molecule has 3 nitrogen and oxygen atoms in total. The van der Waals surface area contributed by atoms with Crippen molar-refractivity contribution in [3.8, 4) is 0 Å². The molecule has 0 aromatic heterocycles. The van der Waals surface area contributed by atoms with Crippen LogP contribution in [0.4, 0.5) is 0 Å². The molecule has 2 atom stereocenters. The van der Waals surface area contributed by atoms with Gasteiger partial charge in [-0.3, -0.25) is 9.79 Å². The molecular weight excluding hydrogens is 262 g/mol. The number of allylic oxidation sites excluding steroid dienone is 2. The maximum Gasteiger partial charge on any atom is 0.168 e. The number of hydrogen-bond acceptors (Lipinski definition) is 3. The molecule has 3 heteroatoms. The summed E-state index contributed by atoms with van der Waals surface area (Å²) in [6.45, 7) is 11.7. The van der Waals surface area contributed by atoms with Crippen molar-refractivity contribution in [1.82, 2.24) is 0 Å². The van der Waals surface area contributed by atoms with Gasteiger partial charge in [0.2, 0.25) is 0 Å². The largest absolute Gasteiger partial charge is 0.511 e. The van der Waals surface area contributed by atoms with Crippen LogP contribution in [0.1, 0.15) is 60.3 Å². The summed E-state index contributed by atoms with van der Waals surface area (Å²) >= 11 is 0. The van der Waals surface area contributed by atoms with Gasteiger partial charge in [-0.25, -0.2) is 0 Å². The molecule has 1 fully saturated rings. The Morgan fingerprint density at radius 1 is 1.24 bits per heavy atom. The van der Waals surface area contributed by atoms with Crippen LogP contribution >= 0.6 is 0 Å². The third-order valence-corrected chi connectivity index (χ3v) is 5.61. The Morgan fingerprint density at radius 3 is 2.43 bits per heavy atom. The quantitative estimate of drug-likeness (QED) is 0.784. The van der Waals surface area contributed by atoms with Crippen LogP contribution in [-0.2, 0) is 4.79 Å². The lowest BCUT2D eigenvalue weighted by Crippen LogP contribution is -2.45. The maximum absolute atomic E-state index is 12.1. The maximum atomic E-state index is 12.1. The second-order valence-corrected chi connectivity index (χ2v) is 8.15. The molecule has 0 aromatic carbocycles. The van der Waals surface area contributed by atoms with E-state index in [2.05, 4.69) is 25.8 Å². The van der Waals surface area contributed by atoms with Crippen molar-refractivity contribution in [3.63, 3.8) is 0 Å². The van der Waals surface area contributed by atoms with Crippen molar-refractivity contribution >= 4 is 12.0 Å². The first-order valence-electron chi connectivity index (χ1n) is 8.12. The second-order valence-electron chi connectivity index (χ2n) is 8.15. The van der Waals surface area contributed by atoms with Gasteiger partial charge in [0.15, 0.2) is 5.78 Å². The van der Waals surface area contributed by atoms with Crippen LogP contribution in [0.5, 0.6) is 0 Å². The molecule has 21 heavy (non-hydrogen) atoms. The van der Waals surface area contributed by atoms with Crippen LogP contribution in [-0.4, -0.2) is 23.6 Å². The molecule has 1 saturated carbocycles. The van der Waals surface area contributed by atoms with Crippen LogP contribution < -0.4 is 0 Å². The van der Waals surface area contributed by atoms with E-state index in [-0.39, 0.29) is 17.0 Å². The van der Waals surface area contributed by atoms with Gasteiger partial charge in [-0.15, -0.1) is 0 Å². The van der Waals surface area contributed by atoms with E-state index in [1.807, 2.05) is 13.8 Å². The SMILES string of the molecule is CC[C@@H]1C[C@@H](CN=CC2=C(O)CC(C)(C)CC2=O)C1(C)C. The average molecular weight is 291 g/mol. The molecule has 0 radical (unpaired) electrons. The Morgan fingerprint density at radius 2 is 1.90 bits per heavy atom. The number of aliphatic imine (C=N–C) groups is 1. The van der Waals surface area contributed by atoms with Crippen molar-refractivity contribution in [2.24, 2.45) is 27.7 Å². The Balaban J connectivity index is 1.98. The van der Waals surface area contributed by atoms with Gasteiger partial charge in [-0.2, -0.15) is 0 Å². The number of rotatable bonds is 4. The monoisotopic (exact) mass is 291 g/mol. The van der Waals surface area contributed by atoms with Gasteiger partial charge in [-0.05, 0) is 29.1 Å². The Bertz CT molecular complexity index is 485. The van der Waals surface area contributed by atoms with E-state index in [1.165, 1.54) is 12.8 Å². The zero-order valence-corrected chi connectivity index (χ0v) is 14.1. The van der Waals surface area contributed by atoms with Crippen LogP contribution in [0.15, 0.2) is 16.3 Å². The van der Waals surface area contributed by atoms with Crippen LogP contribution in [0.25, 0.3) is 0 Å². The minimum Gasteiger partial charge on any atom is -0.511 e. The van der Waals surface area contributed by atoms with Gasteiger partial charge in [0.1, 0.15) is 5.76 Å². The van der Waals surface area contributed by atoms with Crippen molar-refractivity contribution in [2.75, 3.05) is 6.54 Å². The van der Waals surface area contributed by atoms with Crippen LogP contribution in [0.3, 0.4) is 0 Å². The highest BCUT2D eigenvalue weighted by molar-refractivity contribution is 6.14. The highest BCUT2D eigenvalue weighted by atomic mass is 16.3. The predicted octanol–water partition coefficient (Wildman–Crippen LogP) is 4.33. The van der Waals surface area contributed by atoms with Gasteiger partial charge in [0, 0.05) is 25.6 Å². The van der Waals surface area contributed by atoms with Crippen molar-refractivity contribution in [2.45, 2.75) is 60.3 Å². The summed E-state index contributed by atoms with van der Waals surface area (Å²) in [5.41, 5.74) is 0.641. The van der Waals surface area contributed by atoms with Gasteiger partial charge >= 0.3 is 0 Å². The van der Waals surface area contributed by atoms with E-state index < -0.39 is 0 Å². The molecule has 2 aliphatic rings. The smallest absolute Gasteiger partial charge is 0.168 e. The number of carbonyl (C=O) groups is 1. The Hall–Kier alpha value is -1.12. The molecule has 0 heterocycles. The third kappa shape index (κ3) is 3.22. The highest BCUT2D eigenvalue weighted by Crippen LogP contribution is 2.52. The number of carbonyl (C=O) groups excluding carboxylic acids is 1. The minimum atomic E-state index is -0.136. The van der Waals surface area contributed by atoms with Crippen LogP contribution in [0.2, 0.25) is 0 Å². The summed E-state index contributed by atoms with van der Waals surface area (Å²) in [4.78, 5) is 16.6. The number of aliphatic hydroxyl groups is 1. The molecule has 1 N–H and O–H groups in total. The first kappa shape index (κ1) is 16.3. The third-order valence-electron chi connectivity index (χ3n) is 5.61. The van der Waals surface area contributed by atoms with Gasteiger partial charge in [-0.1, -0.05) is 41.0 Å². The molecule has 0 unspecified atom stereocenters. The number of aliphatic hydroxyl groups excluding tert-OH is 1. The van der Waals surface area contributed by atoms with Crippen molar-refractivity contribution < 1.29 is 9.90 Å². The topological polar surface area (TPSA) is 49.7 Å². The van der Waals surface area contributed by atoms with E-state index in [0.29, 0.717) is 29.7 Å². The van der Waals surface area contributed by atoms with Crippen molar-refractivity contribution in [3.05, 3.63) is 11.3 Å². The fraction of sp³-hybridized carbons (Fsp3) is 0.778. The van der Waals surface area contributed by atoms with E-state index in [4.69, 9.17) is 0 Å². The van der Waals surface area contributed by atoms with Crippen molar-refractivity contribution in [1.29, 1.82) is 0 Å². The van der Waals surface area contributed by atoms with E-state index >= 15 is 0 Å². The molecule has 0 aromatic rings. The lowest BCUT2D eigenvalue weighted by atomic mass is 9.54. The molecule has 0 spiro atoms. The molecule has 0 bridgehead atoms. The number of ketones is 1. The molecule has 0 amide bonds. The zero-order valence-electron chi connectivity index (χ0n) is 14.1. The van der Waals surface area contributed by atoms with Crippen LogP contribution in [0, 0.1) is 22.7 Å². The molecule has 2 rings (SSSR count). The molecule has 0 saturated heterocycles. The highest BCUT2D eigenvalue weighted by Gasteiger charge is 2.46. The van der Waals surface area contributed by atoms with E-state index in [1.54, 1.807) is 6.21 Å². The zero-order chi connectivity index (χ0) is 15.8. The number of Topliss-reactive ketones (excluding diaryl/α,β-unsaturated/α-hetero) is 1. The number of hydrogen-bond donors (Lipinski definition) is 1. The summed E-state index contributed by atoms with van der Waals surface area (Å²) in [5, 5.41) is 10.1. The first-order valence-corrected chi connectivity index (χ1v) is 8.12. The summed E-state index contributed by atoms with van der Waals surface area (Å²) in [5.74, 6) is 1.62. The molecular formula is C18H29NO2. The molecule has 118 valence electrons. The lowest BCUT2D eigenvalue weighted by Gasteiger charge is -2.51. The van der Waals surface area contributed by atoms with E-state index in [9.17, 15) is 9.90 Å². The summed E-state index contributed by atoms with van der Waals surface area (Å²) in [6.07, 6.45) is 5.12.